The highest BCUT2D eigenvalue weighted by Gasteiger charge is 2.20. The molecule has 1 N–H and O–H groups in total. The molecule has 3 heteroatoms. The summed E-state index contributed by atoms with van der Waals surface area (Å²) in [6.07, 6.45) is 2.78. The van der Waals surface area contributed by atoms with Crippen LogP contribution in [-0.4, -0.2) is 36.5 Å². The van der Waals surface area contributed by atoms with Crippen LogP contribution in [-0.2, 0) is 11.2 Å². The zero-order valence-corrected chi connectivity index (χ0v) is 12.0. The Hall–Kier alpha value is -1.35. The third kappa shape index (κ3) is 4.35. The third-order valence-electron chi connectivity index (χ3n) is 3.80. The molecule has 0 aliphatic carbocycles. The van der Waals surface area contributed by atoms with Crippen molar-refractivity contribution in [1.82, 2.24) is 10.2 Å². The molecule has 0 saturated carbocycles. The van der Waals surface area contributed by atoms with E-state index >= 15 is 0 Å². The van der Waals surface area contributed by atoms with E-state index in [9.17, 15) is 4.79 Å². The second-order valence-corrected chi connectivity index (χ2v) is 5.46. The van der Waals surface area contributed by atoms with Gasteiger partial charge in [-0.3, -0.25) is 4.79 Å². The summed E-state index contributed by atoms with van der Waals surface area (Å²) in [5.41, 5.74) is 2.32. The summed E-state index contributed by atoms with van der Waals surface area (Å²) < 4.78 is 0. The number of hydrogen-bond donors (Lipinski definition) is 1. The van der Waals surface area contributed by atoms with Crippen LogP contribution >= 0.6 is 0 Å². The second kappa shape index (κ2) is 6.71. The van der Waals surface area contributed by atoms with Crippen molar-refractivity contribution in [2.24, 2.45) is 0 Å². The zero-order chi connectivity index (χ0) is 13.7. The van der Waals surface area contributed by atoms with Gasteiger partial charge in [0.2, 0.25) is 5.91 Å². The third-order valence-corrected chi connectivity index (χ3v) is 3.80. The smallest absolute Gasteiger partial charge is 0.224 e. The number of carbonyl (C=O) groups is 1. The summed E-state index contributed by atoms with van der Waals surface area (Å²) in [6, 6.07) is 8.51. The number of nitrogens with zero attached hydrogens (tertiary/aromatic N) is 1. The molecular weight excluding hydrogens is 236 g/mol. The Kier molecular flexibility index (Phi) is 4.97. The molecule has 104 valence electrons. The SMILES string of the molecule is CCN1CCCC(NC(=O)Cc2ccc(C)cc2)C1. The number of nitrogens with one attached hydrogen (secondary N) is 1. The molecule has 19 heavy (non-hydrogen) atoms. The maximum absolute atomic E-state index is 12.0. The number of aryl methyl sites for hydroxylation is 1. The lowest BCUT2D eigenvalue weighted by Crippen LogP contribution is -2.47. The lowest BCUT2D eigenvalue weighted by Gasteiger charge is -2.32. The maximum atomic E-state index is 12.0. The van der Waals surface area contributed by atoms with E-state index in [-0.39, 0.29) is 5.91 Å². The van der Waals surface area contributed by atoms with Crippen molar-refractivity contribution in [1.29, 1.82) is 0 Å². The maximum Gasteiger partial charge on any atom is 0.224 e. The molecule has 0 spiro atoms. The monoisotopic (exact) mass is 260 g/mol. The Morgan fingerprint density at radius 3 is 2.79 bits per heavy atom. The zero-order valence-electron chi connectivity index (χ0n) is 12.0. The van der Waals surface area contributed by atoms with Crippen LogP contribution in [0, 0.1) is 6.92 Å². The molecule has 1 heterocycles. The fourth-order valence-electron chi connectivity index (χ4n) is 2.63. The minimum absolute atomic E-state index is 0.145. The predicted molar refractivity (Wildman–Crippen MR) is 78.2 cm³/mol. The summed E-state index contributed by atoms with van der Waals surface area (Å²) in [4.78, 5) is 14.4. The molecule has 1 aromatic carbocycles. The van der Waals surface area contributed by atoms with Gasteiger partial charge in [-0.2, -0.15) is 0 Å². The molecule has 2 rings (SSSR count). The number of piperidine rings is 1. The Bertz CT molecular complexity index is 413. The minimum Gasteiger partial charge on any atom is -0.352 e. The van der Waals surface area contributed by atoms with Crippen LogP contribution in [0.3, 0.4) is 0 Å². The van der Waals surface area contributed by atoms with Crippen molar-refractivity contribution in [2.75, 3.05) is 19.6 Å². The van der Waals surface area contributed by atoms with E-state index in [0.717, 1.165) is 25.1 Å². The molecule has 1 aliphatic rings. The Morgan fingerprint density at radius 1 is 1.37 bits per heavy atom. The molecule has 0 aromatic heterocycles. The van der Waals surface area contributed by atoms with Crippen LogP contribution in [0.25, 0.3) is 0 Å². The quantitative estimate of drug-likeness (QED) is 0.899. The van der Waals surface area contributed by atoms with E-state index in [0.29, 0.717) is 12.5 Å². The molecule has 1 amide bonds. The number of likely N-dealkylation sites (N-methyl/N-ethyl adjacent to an activating group) is 1. The van der Waals surface area contributed by atoms with Crippen molar-refractivity contribution in [3.05, 3.63) is 35.4 Å². The topological polar surface area (TPSA) is 32.3 Å². The number of likely N-dealkylation sites (tertiary alicyclic amines) is 1. The first kappa shape index (κ1) is 14.1. The first-order chi connectivity index (χ1) is 9.17. The van der Waals surface area contributed by atoms with Crippen molar-refractivity contribution in [2.45, 2.75) is 39.2 Å². The Labute approximate surface area is 116 Å². The van der Waals surface area contributed by atoms with Gasteiger partial charge in [0.05, 0.1) is 6.42 Å². The average Bonchev–Trinajstić information content (AvgIpc) is 2.41. The van der Waals surface area contributed by atoms with Gasteiger partial charge in [-0.15, -0.1) is 0 Å². The second-order valence-electron chi connectivity index (χ2n) is 5.46. The fourth-order valence-corrected chi connectivity index (χ4v) is 2.63. The first-order valence-electron chi connectivity index (χ1n) is 7.24. The molecule has 1 aliphatic heterocycles. The van der Waals surface area contributed by atoms with Crippen molar-refractivity contribution in [3.63, 3.8) is 0 Å². The van der Waals surface area contributed by atoms with Gasteiger partial charge in [-0.05, 0) is 38.4 Å². The van der Waals surface area contributed by atoms with E-state index in [1.165, 1.54) is 18.5 Å². The predicted octanol–water partition coefficient (Wildman–Crippen LogP) is 2.14. The van der Waals surface area contributed by atoms with E-state index < -0.39 is 0 Å². The Morgan fingerprint density at radius 2 is 2.11 bits per heavy atom. The fraction of sp³-hybridized carbons (Fsp3) is 0.562. The normalized spacial score (nSPS) is 20.2. The van der Waals surface area contributed by atoms with Crippen molar-refractivity contribution >= 4 is 5.91 Å². The molecule has 0 radical (unpaired) electrons. The van der Waals surface area contributed by atoms with E-state index in [1.807, 2.05) is 12.1 Å². The summed E-state index contributed by atoms with van der Waals surface area (Å²) in [5.74, 6) is 0.145. The van der Waals surface area contributed by atoms with E-state index in [2.05, 4.69) is 36.2 Å². The van der Waals surface area contributed by atoms with E-state index in [1.54, 1.807) is 0 Å². The molecular formula is C16H24N2O. The first-order valence-corrected chi connectivity index (χ1v) is 7.24. The largest absolute Gasteiger partial charge is 0.352 e. The lowest BCUT2D eigenvalue weighted by atomic mass is 10.0. The minimum atomic E-state index is 0.145. The van der Waals surface area contributed by atoms with Crippen molar-refractivity contribution < 1.29 is 4.79 Å². The standard InChI is InChI=1S/C16H24N2O/c1-3-18-10-4-5-15(12-18)17-16(19)11-14-8-6-13(2)7-9-14/h6-9,15H,3-5,10-12H2,1-2H3,(H,17,19). The summed E-state index contributed by atoms with van der Waals surface area (Å²) in [7, 11) is 0. The van der Waals surface area contributed by atoms with Crippen molar-refractivity contribution in [3.8, 4) is 0 Å². The summed E-state index contributed by atoms with van der Waals surface area (Å²) in [5, 5.41) is 3.17. The summed E-state index contributed by atoms with van der Waals surface area (Å²) in [6.45, 7) is 7.48. The molecule has 1 aromatic rings. The number of hydrogen-bond acceptors (Lipinski definition) is 2. The highest BCUT2D eigenvalue weighted by Crippen LogP contribution is 2.10. The molecule has 1 saturated heterocycles. The molecule has 3 nitrogen and oxygen atoms in total. The van der Waals surface area contributed by atoms with Gasteiger partial charge in [0.1, 0.15) is 0 Å². The van der Waals surface area contributed by atoms with Crippen LogP contribution in [0.1, 0.15) is 30.9 Å². The number of amides is 1. The summed E-state index contributed by atoms with van der Waals surface area (Å²) >= 11 is 0. The number of rotatable bonds is 4. The van der Waals surface area contributed by atoms with Crippen LogP contribution < -0.4 is 5.32 Å². The van der Waals surface area contributed by atoms with Crippen LogP contribution in [0.2, 0.25) is 0 Å². The highest BCUT2D eigenvalue weighted by atomic mass is 16.1. The molecule has 0 bridgehead atoms. The highest BCUT2D eigenvalue weighted by molar-refractivity contribution is 5.78. The lowest BCUT2D eigenvalue weighted by molar-refractivity contribution is -0.121. The van der Waals surface area contributed by atoms with Crippen LogP contribution in [0.15, 0.2) is 24.3 Å². The van der Waals surface area contributed by atoms with E-state index in [4.69, 9.17) is 0 Å². The van der Waals surface area contributed by atoms with Gasteiger partial charge in [-0.25, -0.2) is 0 Å². The van der Waals surface area contributed by atoms with Gasteiger partial charge < -0.3 is 10.2 Å². The van der Waals surface area contributed by atoms with Crippen LogP contribution in [0.4, 0.5) is 0 Å². The van der Waals surface area contributed by atoms with Gasteiger partial charge in [-0.1, -0.05) is 36.8 Å². The van der Waals surface area contributed by atoms with Gasteiger partial charge in [0.25, 0.3) is 0 Å². The van der Waals surface area contributed by atoms with Gasteiger partial charge in [0.15, 0.2) is 0 Å². The van der Waals surface area contributed by atoms with Gasteiger partial charge >= 0.3 is 0 Å². The average molecular weight is 260 g/mol. The Balaban J connectivity index is 1.82. The van der Waals surface area contributed by atoms with Crippen LogP contribution in [0.5, 0.6) is 0 Å². The number of benzene rings is 1. The molecule has 1 fully saturated rings. The number of carbonyl (C=O) groups excluding carboxylic acids is 1. The molecule has 1 atom stereocenters. The molecule has 1 unspecified atom stereocenters. The van der Waals surface area contributed by atoms with Gasteiger partial charge in [0, 0.05) is 12.6 Å².